The van der Waals surface area contributed by atoms with Gasteiger partial charge in [0.15, 0.2) is 0 Å². The van der Waals surface area contributed by atoms with Gasteiger partial charge >= 0.3 is 0 Å². The average Bonchev–Trinajstić information content (AvgIpc) is 2.38. The maximum atomic E-state index is 3.79. The number of rotatable bonds is 3. The van der Waals surface area contributed by atoms with Crippen LogP contribution in [0.1, 0.15) is 52.1 Å². The summed E-state index contributed by atoms with van der Waals surface area (Å²) >= 11 is 3.55. The molecule has 112 valence electrons. The predicted octanol–water partition coefficient (Wildman–Crippen LogP) is 4.36. The molecule has 2 rings (SSSR count). The molecule has 0 saturated carbocycles. The summed E-state index contributed by atoms with van der Waals surface area (Å²) in [6.45, 7) is 11.6. The summed E-state index contributed by atoms with van der Waals surface area (Å²) in [5, 5.41) is 3.79. The van der Waals surface area contributed by atoms with Gasteiger partial charge in [0.2, 0.25) is 0 Å². The summed E-state index contributed by atoms with van der Waals surface area (Å²) in [4.78, 5) is 2.59. The van der Waals surface area contributed by atoms with Gasteiger partial charge in [-0.1, -0.05) is 28.1 Å². The first-order chi connectivity index (χ1) is 9.36. The van der Waals surface area contributed by atoms with Crippen LogP contribution >= 0.6 is 15.9 Å². The first kappa shape index (κ1) is 16.0. The fourth-order valence-corrected chi connectivity index (χ4v) is 3.36. The molecule has 20 heavy (non-hydrogen) atoms. The Morgan fingerprint density at radius 1 is 1.25 bits per heavy atom. The van der Waals surface area contributed by atoms with E-state index in [1.807, 2.05) is 0 Å². The van der Waals surface area contributed by atoms with Crippen molar-refractivity contribution in [3.63, 3.8) is 0 Å². The topological polar surface area (TPSA) is 15.3 Å². The molecule has 1 atom stereocenters. The molecular formula is C17H27BrN2. The summed E-state index contributed by atoms with van der Waals surface area (Å²) < 4.78 is 1.16. The molecule has 1 aliphatic heterocycles. The van der Waals surface area contributed by atoms with Crippen molar-refractivity contribution >= 4 is 15.9 Å². The SMILES string of the molecule is CC(NC1CCN(C(C)(C)C)CC1)c1cccc(Br)c1. The van der Waals surface area contributed by atoms with Crippen LogP contribution in [-0.4, -0.2) is 29.6 Å². The van der Waals surface area contributed by atoms with E-state index in [2.05, 4.69) is 78.1 Å². The second-order valence-electron chi connectivity index (χ2n) is 6.88. The standard InChI is InChI=1S/C17H27BrN2/c1-13(14-6-5-7-15(18)12-14)19-16-8-10-20(11-9-16)17(2,3)4/h5-7,12-13,16,19H,8-11H2,1-4H3. The van der Waals surface area contributed by atoms with Crippen LogP contribution in [0.15, 0.2) is 28.7 Å². The van der Waals surface area contributed by atoms with Gasteiger partial charge in [0.1, 0.15) is 0 Å². The first-order valence-corrected chi connectivity index (χ1v) is 8.42. The monoisotopic (exact) mass is 338 g/mol. The van der Waals surface area contributed by atoms with Gasteiger partial charge in [-0.3, -0.25) is 4.90 Å². The molecule has 0 amide bonds. The Bertz CT molecular complexity index is 431. The second kappa shape index (κ2) is 6.59. The first-order valence-electron chi connectivity index (χ1n) is 7.63. The third-order valence-corrected chi connectivity index (χ3v) is 4.77. The third-order valence-electron chi connectivity index (χ3n) is 4.28. The van der Waals surface area contributed by atoms with E-state index >= 15 is 0 Å². The lowest BCUT2D eigenvalue weighted by Crippen LogP contribution is -2.50. The Labute approximate surface area is 132 Å². The number of hydrogen-bond donors (Lipinski definition) is 1. The van der Waals surface area contributed by atoms with Crippen molar-refractivity contribution in [2.45, 2.75) is 58.2 Å². The highest BCUT2D eigenvalue weighted by molar-refractivity contribution is 9.10. The molecule has 1 unspecified atom stereocenters. The van der Waals surface area contributed by atoms with Crippen LogP contribution < -0.4 is 5.32 Å². The zero-order valence-electron chi connectivity index (χ0n) is 13.1. The van der Waals surface area contributed by atoms with E-state index in [-0.39, 0.29) is 0 Å². The van der Waals surface area contributed by atoms with Crippen LogP contribution in [0.25, 0.3) is 0 Å². The van der Waals surface area contributed by atoms with Crippen molar-refractivity contribution < 1.29 is 0 Å². The lowest BCUT2D eigenvalue weighted by molar-refractivity contribution is 0.0942. The van der Waals surface area contributed by atoms with E-state index in [0.29, 0.717) is 17.6 Å². The van der Waals surface area contributed by atoms with Gasteiger partial charge in [-0.05, 0) is 58.2 Å². The van der Waals surface area contributed by atoms with Gasteiger partial charge in [-0.2, -0.15) is 0 Å². The largest absolute Gasteiger partial charge is 0.307 e. The van der Waals surface area contributed by atoms with Crippen LogP contribution in [0.2, 0.25) is 0 Å². The van der Waals surface area contributed by atoms with E-state index in [0.717, 1.165) is 4.47 Å². The normalized spacial score (nSPS) is 20.1. The van der Waals surface area contributed by atoms with Crippen molar-refractivity contribution in [1.82, 2.24) is 10.2 Å². The highest BCUT2D eigenvalue weighted by atomic mass is 79.9. The number of nitrogens with zero attached hydrogens (tertiary/aromatic N) is 1. The summed E-state index contributed by atoms with van der Waals surface area (Å²) in [5.74, 6) is 0. The number of likely N-dealkylation sites (tertiary alicyclic amines) is 1. The fraction of sp³-hybridized carbons (Fsp3) is 0.647. The quantitative estimate of drug-likeness (QED) is 0.880. The van der Waals surface area contributed by atoms with Gasteiger partial charge in [0.05, 0.1) is 0 Å². The molecule has 1 aliphatic rings. The Morgan fingerprint density at radius 2 is 1.90 bits per heavy atom. The Kier molecular flexibility index (Phi) is 5.27. The maximum absolute atomic E-state index is 3.79. The number of hydrogen-bond acceptors (Lipinski definition) is 2. The number of benzene rings is 1. The van der Waals surface area contributed by atoms with Crippen molar-refractivity contribution in [1.29, 1.82) is 0 Å². The third kappa shape index (κ3) is 4.31. The Balaban J connectivity index is 1.86. The van der Waals surface area contributed by atoms with E-state index in [1.54, 1.807) is 0 Å². The van der Waals surface area contributed by atoms with Crippen molar-refractivity contribution in [3.05, 3.63) is 34.3 Å². The van der Waals surface area contributed by atoms with E-state index < -0.39 is 0 Å². The molecule has 0 radical (unpaired) electrons. The van der Waals surface area contributed by atoms with Crippen molar-refractivity contribution in [2.75, 3.05) is 13.1 Å². The smallest absolute Gasteiger partial charge is 0.0294 e. The summed E-state index contributed by atoms with van der Waals surface area (Å²) in [7, 11) is 0. The summed E-state index contributed by atoms with van der Waals surface area (Å²) in [5.41, 5.74) is 1.67. The molecule has 0 spiro atoms. The van der Waals surface area contributed by atoms with Crippen LogP contribution in [0.4, 0.5) is 0 Å². The Morgan fingerprint density at radius 3 is 2.45 bits per heavy atom. The minimum atomic E-state index is 0.306. The van der Waals surface area contributed by atoms with Gasteiger partial charge in [0.25, 0.3) is 0 Å². The van der Waals surface area contributed by atoms with Crippen LogP contribution in [0, 0.1) is 0 Å². The minimum Gasteiger partial charge on any atom is -0.307 e. The lowest BCUT2D eigenvalue weighted by Gasteiger charge is -2.41. The highest BCUT2D eigenvalue weighted by Crippen LogP contribution is 2.23. The van der Waals surface area contributed by atoms with Crippen molar-refractivity contribution in [3.8, 4) is 0 Å². The molecule has 1 aromatic carbocycles. The second-order valence-corrected chi connectivity index (χ2v) is 7.79. The number of nitrogens with one attached hydrogen (secondary N) is 1. The molecule has 2 nitrogen and oxygen atoms in total. The average molecular weight is 339 g/mol. The Hall–Kier alpha value is -0.380. The predicted molar refractivity (Wildman–Crippen MR) is 90.0 cm³/mol. The van der Waals surface area contributed by atoms with Gasteiger partial charge in [-0.15, -0.1) is 0 Å². The molecule has 1 fully saturated rings. The molecule has 1 saturated heterocycles. The van der Waals surface area contributed by atoms with E-state index in [1.165, 1.54) is 31.5 Å². The van der Waals surface area contributed by atoms with Gasteiger partial charge in [-0.25, -0.2) is 0 Å². The molecule has 0 bridgehead atoms. The van der Waals surface area contributed by atoms with E-state index in [4.69, 9.17) is 0 Å². The fourth-order valence-electron chi connectivity index (χ4n) is 2.94. The molecule has 1 N–H and O–H groups in total. The van der Waals surface area contributed by atoms with Crippen molar-refractivity contribution in [2.24, 2.45) is 0 Å². The van der Waals surface area contributed by atoms with Crippen LogP contribution in [0.5, 0.6) is 0 Å². The number of piperidine rings is 1. The minimum absolute atomic E-state index is 0.306. The van der Waals surface area contributed by atoms with Gasteiger partial charge < -0.3 is 5.32 Å². The molecule has 1 aromatic rings. The molecular weight excluding hydrogens is 312 g/mol. The van der Waals surface area contributed by atoms with Crippen LogP contribution in [0.3, 0.4) is 0 Å². The summed E-state index contributed by atoms with van der Waals surface area (Å²) in [6.07, 6.45) is 2.49. The van der Waals surface area contributed by atoms with Gasteiger partial charge in [0, 0.05) is 35.2 Å². The number of halogens is 1. The van der Waals surface area contributed by atoms with E-state index in [9.17, 15) is 0 Å². The zero-order chi connectivity index (χ0) is 14.8. The maximum Gasteiger partial charge on any atom is 0.0294 e. The highest BCUT2D eigenvalue weighted by Gasteiger charge is 2.27. The molecule has 0 aromatic heterocycles. The molecule has 3 heteroatoms. The zero-order valence-corrected chi connectivity index (χ0v) is 14.7. The molecule has 1 heterocycles. The lowest BCUT2D eigenvalue weighted by atomic mass is 9.97. The summed E-state index contributed by atoms with van der Waals surface area (Å²) in [6, 6.07) is 9.66. The van der Waals surface area contributed by atoms with Crippen LogP contribution in [-0.2, 0) is 0 Å². The molecule has 0 aliphatic carbocycles.